The summed E-state index contributed by atoms with van der Waals surface area (Å²) < 4.78 is 12.1. The monoisotopic (exact) mass is 366 g/mol. The van der Waals surface area contributed by atoms with E-state index in [2.05, 4.69) is 10.4 Å². The molecule has 0 aliphatic carbocycles. The summed E-state index contributed by atoms with van der Waals surface area (Å²) in [6.07, 6.45) is 3.48. The number of nitrogens with zero attached hydrogens (tertiary/aromatic N) is 2. The number of carbonyl (C=O) groups excluding carboxylic acids is 2. The Morgan fingerprint density at radius 1 is 1.44 bits per heavy atom. The van der Waals surface area contributed by atoms with Crippen molar-refractivity contribution >= 4 is 23.4 Å². The molecule has 0 aliphatic heterocycles. The average Bonchev–Trinajstić information content (AvgIpc) is 3.05. The topological polar surface area (TPSA) is 108 Å². The molecule has 3 N–H and O–H groups in total. The van der Waals surface area contributed by atoms with Gasteiger partial charge in [0.1, 0.15) is 0 Å². The first kappa shape index (κ1) is 18.6. The third-order valence-electron chi connectivity index (χ3n) is 3.25. The molecule has 0 saturated carbocycles. The SMILES string of the molecule is COc1cc(C(=O)N[C@@H](C)Cn2cccn2)cc(Cl)c1OCC(N)=O. The first-order valence-electron chi connectivity index (χ1n) is 7.47. The number of ether oxygens (including phenoxy) is 2. The molecule has 25 heavy (non-hydrogen) atoms. The zero-order valence-electron chi connectivity index (χ0n) is 13.9. The van der Waals surface area contributed by atoms with E-state index < -0.39 is 5.91 Å². The Hall–Kier alpha value is -2.74. The van der Waals surface area contributed by atoms with Crippen LogP contribution >= 0.6 is 11.6 Å². The van der Waals surface area contributed by atoms with Crippen LogP contribution in [0.2, 0.25) is 5.02 Å². The van der Waals surface area contributed by atoms with Gasteiger partial charge in [0.2, 0.25) is 0 Å². The highest BCUT2D eigenvalue weighted by Crippen LogP contribution is 2.36. The summed E-state index contributed by atoms with van der Waals surface area (Å²) in [6.45, 7) is 2.05. The number of hydrogen-bond acceptors (Lipinski definition) is 5. The summed E-state index contributed by atoms with van der Waals surface area (Å²) in [4.78, 5) is 23.3. The Labute approximate surface area is 149 Å². The van der Waals surface area contributed by atoms with E-state index >= 15 is 0 Å². The Balaban J connectivity index is 2.11. The van der Waals surface area contributed by atoms with E-state index in [1.165, 1.54) is 19.2 Å². The molecule has 2 rings (SSSR count). The van der Waals surface area contributed by atoms with Crippen molar-refractivity contribution in [3.8, 4) is 11.5 Å². The normalized spacial score (nSPS) is 11.6. The molecule has 0 spiro atoms. The molecule has 1 atom stereocenters. The van der Waals surface area contributed by atoms with Gasteiger partial charge in [-0.15, -0.1) is 0 Å². The van der Waals surface area contributed by atoms with Gasteiger partial charge in [0, 0.05) is 24.0 Å². The van der Waals surface area contributed by atoms with Gasteiger partial charge >= 0.3 is 0 Å². The van der Waals surface area contributed by atoms with E-state index in [1.807, 2.05) is 19.2 Å². The number of benzene rings is 1. The van der Waals surface area contributed by atoms with Crippen LogP contribution in [0, 0.1) is 0 Å². The minimum atomic E-state index is -0.646. The molecule has 0 aliphatic rings. The number of methoxy groups -OCH3 is 1. The fraction of sp³-hybridized carbons (Fsp3) is 0.312. The second-order valence-electron chi connectivity index (χ2n) is 5.35. The smallest absolute Gasteiger partial charge is 0.255 e. The van der Waals surface area contributed by atoms with E-state index in [4.69, 9.17) is 26.8 Å². The largest absolute Gasteiger partial charge is 0.493 e. The molecule has 0 unspecified atom stereocenters. The van der Waals surface area contributed by atoms with Crippen LogP contribution in [-0.4, -0.2) is 41.4 Å². The van der Waals surface area contributed by atoms with Crippen molar-refractivity contribution in [1.29, 1.82) is 0 Å². The molecule has 2 aromatic rings. The molecular formula is C16H19ClN4O4. The molecule has 0 radical (unpaired) electrons. The van der Waals surface area contributed by atoms with Gasteiger partial charge in [0.25, 0.3) is 11.8 Å². The molecule has 1 aromatic carbocycles. The summed E-state index contributed by atoms with van der Waals surface area (Å²) in [6, 6.07) is 4.58. The minimum absolute atomic E-state index is 0.144. The summed E-state index contributed by atoms with van der Waals surface area (Å²) in [5.74, 6) is -0.573. The Morgan fingerprint density at radius 2 is 2.20 bits per heavy atom. The van der Waals surface area contributed by atoms with Crippen LogP contribution in [0.4, 0.5) is 0 Å². The van der Waals surface area contributed by atoms with Gasteiger partial charge in [-0.05, 0) is 25.1 Å². The van der Waals surface area contributed by atoms with Crippen LogP contribution in [-0.2, 0) is 11.3 Å². The molecule has 0 bridgehead atoms. The van der Waals surface area contributed by atoms with Gasteiger partial charge < -0.3 is 20.5 Å². The van der Waals surface area contributed by atoms with Crippen molar-refractivity contribution in [2.45, 2.75) is 19.5 Å². The highest BCUT2D eigenvalue weighted by molar-refractivity contribution is 6.32. The number of aromatic nitrogens is 2. The summed E-state index contributed by atoms with van der Waals surface area (Å²) in [5.41, 5.74) is 5.36. The number of nitrogens with one attached hydrogen (secondary N) is 1. The van der Waals surface area contributed by atoms with E-state index in [-0.39, 0.29) is 35.1 Å². The second-order valence-corrected chi connectivity index (χ2v) is 5.75. The lowest BCUT2D eigenvalue weighted by Crippen LogP contribution is -2.35. The van der Waals surface area contributed by atoms with Crippen molar-refractivity contribution in [3.63, 3.8) is 0 Å². The summed E-state index contributed by atoms with van der Waals surface area (Å²) >= 11 is 6.14. The molecular weight excluding hydrogens is 348 g/mol. The number of amides is 2. The molecule has 0 fully saturated rings. The van der Waals surface area contributed by atoms with E-state index in [9.17, 15) is 9.59 Å². The lowest BCUT2D eigenvalue weighted by atomic mass is 10.1. The van der Waals surface area contributed by atoms with Crippen LogP contribution in [0.5, 0.6) is 11.5 Å². The highest BCUT2D eigenvalue weighted by Gasteiger charge is 2.18. The molecule has 9 heteroatoms. The van der Waals surface area contributed by atoms with Crippen LogP contribution in [0.3, 0.4) is 0 Å². The van der Waals surface area contributed by atoms with Gasteiger partial charge in [0.15, 0.2) is 18.1 Å². The van der Waals surface area contributed by atoms with Crippen molar-refractivity contribution < 1.29 is 19.1 Å². The third-order valence-corrected chi connectivity index (χ3v) is 3.53. The zero-order valence-corrected chi connectivity index (χ0v) is 14.6. The van der Waals surface area contributed by atoms with Gasteiger partial charge in [-0.2, -0.15) is 5.10 Å². The molecule has 1 heterocycles. The average molecular weight is 367 g/mol. The van der Waals surface area contributed by atoms with Gasteiger partial charge in [-0.3, -0.25) is 14.3 Å². The molecule has 1 aromatic heterocycles. The van der Waals surface area contributed by atoms with Gasteiger partial charge in [-0.1, -0.05) is 11.6 Å². The Bertz CT molecular complexity index is 749. The molecule has 8 nitrogen and oxygen atoms in total. The van der Waals surface area contributed by atoms with Crippen LogP contribution < -0.4 is 20.5 Å². The fourth-order valence-corrected chi connectivity index (χ4v) is 2.44. The Kier molecular flexibility index (Phi) is 6.24. The maximum absolute atomic E-state index is 12.4. The zero-order chi connectivity index (χ0) is 18.4. The third kappa shape index (κ3) is 5.12. The van der Waals surface area contributed by atoms with Crippen LogP contribution in [0.1, 0.15) is 17.3 Å². The number of primary amides is 1. The lowest BCUT2D eigenvalue weighted by molar-refractivity contribution is -0.119. The second kappa shape index (κ2) is 8.39. The van der Waals surface area contributed by atoms with Gasteiger partial charge in [-0.25, -0.2) is 0 Å². The highest BCUT2D eigenvalue weighted by atomic mass is 35.5. The van der Waals surface area contributed by atoms with E-state index in [0.717, 1.165) is 0 Å². The quantitative estimate of drug-likeness (QED) is 0.730. The predicted octanol–water partition coefficient (Wildman–Crippen LogP) is 1.23. The molecule has 134 valence electrons. The maximum Gasteiger partial charge on any atom is 0.255 e. The van der Waals surface area contributed by atoms with Crippen molar-refractivity contribution in [2.75, 3.05) is 13.7 Å². The number of rotatable bonds is 8. The van der Waals surface area contributed by atoms with Crippen molar-refractivity contribution in [1.82, 2.24) is 15.1 Å². The lowest BCUT2D eigenvalue weighted by Gasteiger charge is -2.16. The number of carbonyl (C=O) groups is 2. The first-order valence-corrected chi connectivity index (χ1v) is 7.85. The maximum atomic E-state index is 12.4. The predicted molar refractivity (Wildman–Crippen MR) is 91.8 cm³/mol. The summed E-state index contributed by atoms with van der Waals surface area (Å²) in [5, 5.41) is 7.09. The summed E-state index contributed by atoms with van der Waals surface area (Å²) in [7, 11) is 1.41. The van der Waals surface area contributed by atoms with E-state index in [1.54, 1.807) is 10.9 Å². The van der Waals surface area contributed by atoms with Crippen LogP contribution in [0.25, 0.3) is 0 Å². The minimum Gasteiger partial charge on any atom is -0.493 e. The van der Waals surface area contributed by atoms with Crippen molar-refractivity contribution in [2.24, 2.45) is 5.73 Å². The number of hydrogen-bond donors (Lipinski definition) is 2. The number of nitrogens with two attached hydrogens (primary N) is 1. The standard InChI is InChI=1S/C16H19ClN4O4/c1-10(8-21-5-3-4-19-21)20-16(23)11-6-12(17)15(13(7-11)24-2)25-9-14(18)22/h3-7,10H,8-9H2,1-2H3,(H2,18,22)(H,20,23)/t10-/m0/s1. The van der Waals surface area contributed by atoms with Crippen molar-refractivity contribution in [3.05, 3.63) is 41.2 Å². The number of halogens is 1. The van der Waals surface area contributed by atoms with E-state index in [0.29, 0.717) is 12.1 Å². The first-order chi connectivity index (χ1) is 11.9. The molecule has 0 saturated heterocycles. The molecule has 2 amide bonds. The van der Waals surface area contributed by atoms with Crippen LogP contribution in [0.15, 0.2) is 30.6 Å². The fourth-order valence-electron chi connectivity index (χ4n) is 2.18. The van der Waals surface area contributed by atoms with Gasteiger partial charge in [0.05, 0.1) is 18.7 Å². The Morgan fingerprint density at radius 3 is 2.80 bits per heavy atom.